The summed E-state index contributed by atoms with van der Waals surface area (Å²) in [5, 5.41) is 10.5. The van der Waals surface area contributed by atoms with E-state index < -0.39 is 19.9 Å². The lowest BCUT2D eigenvalue weighted by Gasteiger charge is -2.38. The highest BCUT2D eigenvalue weighted by Crippen LogP contribution is 2.39. The summed E-state index contributed by atoms with van der Waals surface area (Å²) in [7, 11) is -0.552. The first-order valence-corrected chi connectivity index (χ1v) is 9.77. The Kier molecular flexibility index (Phi) is 5.00. The first kappa shape index (κ1) is 17.1. The van der Waals surface area contributed by atoms with Crippen LogP contribution >= 0.6 is 0 Å². The van der Waals surface area contributed by atoms with Crippen molar-refractivity contribution in [1.29, 1.82) is 0 Å². The normalized spacial score (nSPS) is 27.2. The first-order chi connectivity index (χ1) is 8.99. The number of aliphatic hydroxyl groups is 1. The highest BCUT2D eigenvalue weighted by Gasteiger charge is 2.41. The number of carbonyl (C=O) groups excluding carboxylic acids is 1. The molecule has 0 amide bonds. The van der Waals surface area contributed by atoms with Crippen molar-refractivity contribution in [3.05, 3.63) is 24.3 Å². The number of rotatable bonds is 4. The SMILES string of the molecule is COC(=O)C=CC1(O)C=CC(O[Si](C)(C)C(C)(C)C)C1. The van der Waals surface area contributed by atoms with Crippen LogP contribution < -0.4 is 0 Å². The van der Waals surface area contributed by atoms with Gasteiger partial charge in [0.2, 0.25) is 0 Å². The van der Waals surface area contributed by atoms with Crippen LogP contribution in [0.25, 0.3) is 0 Å². The molecule has 0 radical (unpaired) electrons. The van der Waals surface area contributed by atoms with Crippen molar-refractivity contribution in [3.8, 4) is 0 Å². The maximum Gasteiger partial charge on any atom is 0.330 e. The van der Waals surface area contributed by atoms with Crippen LogP contribution in [0.2, 0.25) is 18.1 Å². The lowest BCUT2D eigenvalue weighted by Crippen LogP contribution is -2.43. The van der Waals surface area contributed by atoms with Crippen LogP contribution in [-0.4, -0.2) is 38.2 Å². The van der Waals surface area contributed by atoms with Crippen LogP contribution in [0, 0.1) is 0 Å². The molecule has 0 heterocycles. The van der Waals surface area contributed by atoms with E-state index in [1.807, 2.05) is 6.08 Å². The minimum absolute atomic E-state index is 0.108. The molecule has 114 valence electrons. The summed E-state index contributed by atoms with van der Waals surface area (Å²) < 4.78 is 10.8. The van der Waals surface area contributed by atoms with Gasteiger partial charge in [-0.05, 0) is 24.2 Å². The molecular weight excluding hydrogens is 272 g/mol. The van der Waals surface area contributed by atoms with Gasteiger partial charge in [0.1, 0.15) is 5.60 Å². The zero-order chi connectivity index (χ0) is 15.6. The van der Waals surface area contributed by atoms with E-state index in [1.165, 1.54) is 19.3 Å². The Labute approximate surface area is 122 Å². The van der Waals surface area contributed by atoms with Gasteiger partial charge in [-0.3, -0.25) is 0 Å². The van der Waals surface area contributed by atoms with Crippen molar-refractivity contribution in [2.24, 2.45) is 0 Å². The number of esters is 1. The molecule has 0 fully saturated rings. The van der Waals surface area contributed by atoms with Crippen molar-refractivity contribution >= 4 is 14.3 Å². The molecule has 4 nitrogen and oxygen atoms in total. The molecule has 1 aliphatic rings. The molecule has 2 unspecified atom stereocenters. The largest absolute Gasteiger partial charge is 0.466 e. The first-order valence-electron chi connectivity index (χ1n) is 6.86. The van der Waals surface area contributed by atoms with Gasteiger partial charge in [-0.25, -0.2) is 4.79 Å². The van der Waals surface area contributed by atoms with Gasteiger partial charge in [-0.2, -0.15) is 0 Å². The molecule has 1 N–H and O–H groups in total. The van der Waals surface area contributed by atoms with Gasteiger partial charge in [-0.15, -0.1) is 0 Å². The number of hydrogen-bond acceptors (Lipinski definition) is 4. The number of ether oxygens (including phenoxy) is 1. The predicted molar refractivity (Wildman–Crippen MR) is 81.9 cm³/mol. The fraction of sp³-hybridized carbons (Fsp3) is 0.667. The molecule has 2 atom stereocenters. The van der Waals surface area contributed by atoms with E-state index in [1.54, 1.807) is 6.08 Å². The van der Waals surface area contributed by atoms with Crippen molar-refractivity contribution in [1.82, 2.24) is 0 Å². The topological polar surface area (TPSA) is 55.8 Å². The molecule has 0 aromatic heterocycles. The molecule has 1 rings (SSSR count). The summed E-state index contributed by atoms with van der Waals surface area (Å²) in [6, 6.07) is 0. The van der Waals surface area contributed by atoms with Gasteiger partial charge in [0.15, 0.2) is 8.32 Å². The third-order valence-corrected chi connectivity index (χ3v) is 8.59. The lowest BCUT2D eigenvalue weighted by molar-refractivity contribution is -0.134. The molecule has 0 bridgehead atoms. The Balaban J connectivity index is 2.67. The number of methoxy groups -OCH3 is 1. The summed E-state index contributed by atoms with van der Waals surface area (Å²) in [6.07, 6.45) is 6.60. The standard InChI is InChI=1S/C15H26O4Si/c1-14(2,3)20(5,6)19-12-7-9-15(17,11-12)10-8-13(16)18-4/h7-10,12,17H,11H2,1-6H3. The maximum absolute atomic E-state index is 11.1. The highest BCUT2D eigenvalue weighted by atomic mass is 28.4. The van der Waals surface area contributed by atoms with Gasteiger partial charge < -0.3 is 14.3 Å². The van der Waals surface area contributed by atoms with Crippen molar-refractivity contribution in [2.45, 2.75) is 57.0 Å². The van der Waals surface area contributed by atoms with Gasteiger partial charge >= 0.3 is 5.97 Å². The third kappa shape index (κ3) is 4.29. The average molecular weight is 298 g/mol. The summed E-state index contributed by atoms with van der Waals surface area (Å²) in [5.41, 5.74) is -1.12. The molecule has 1 aliphatic carbocycles. The highest BCUT2D eigenvalue weighted by molar-refractivity contribution is 6.74. The summed E-state index contributed by atoms with van der Waals surface area (Å²) in [5.74, 6) is -0.472. The molecule has 0 saturated carbocycles. The van der Waals surface area contributed by atoms with Gasteiger partial charge in [0.25, 0.3) is 0 Å². The summed E-state index contributed by atoms with van der Waals surface area (Å²) in [4.78, 5) is 11.1. The molecule has 0 aromatic rings. The van der Waals surface area contributed by atoms with E-state index in [0.29, 0.717) is 6.42 Å². The molecule has 20 heavy (non-hydrogen) atoms. The number of carbonyl (C=O) groups is 1. The Bertz CT molecular complexity index is 420. The van der Waals surface area contributed by atoms with Crippen molar-refractivity contribution in [3.63, 3.8) is 0 Å². The van der Waals surface area contributed by atoms with E-state index in [-0.39, 0.29) is 11.1 Å². The van der Waals surface area contributed by atoms with E-state index in [9.17, 15) is 9.90 Å². The predicted octanol–water partition coefficient (Wildman–Crippen LogP) is 2.80. The van der Waals surface area contributed by atoms with Crippen LogP contribution in [0.5, 0.6) is 0 Å². The van der Waals surface area contributed by atoms with Crippen LogP contribution in [0.3, 0.4) is 0 Å². The molecule has 5 heteroatoms. The van der Waals surface area contributed by atoms with Gasteiger partial charge in [-0.1, -0.05) is 32.9 Å². The molecule has 0 spiro atoms. The maximum atomic E-state index is 11.1. The van der Waals surface area contributed by atoms with Crippen LogP contribution in [0.1, 0.15) is 27.2 Å². The lowest BCUT2D eigenvalue weighted by atomic mass is 10.0. The quantitative estimate of drug-likeness (QED) is 0.375. The minimum Gasteiger partial charge on any atom is -0.466 e. The Morgan fingerprint density at radius 3 is 2.55 bits per heavy atom. The Morgan fingerprint density at radius 1 is 1.45 bits per heavy atom. The summed E-state index contributed by atoms with van der Waals surface area (Å²) >= 11 is 0. The van der Waals surface area contributed by atoms with Gasteiger partial charge in [0.05, 0.1) is 13.2 Å². The zero-order valence-electron chi connectivity index (χ0n) is 13.3. The van der Waals surface area contributed by atoms with Crippen molar-refractivity contribution < 1.29 is 19.1 Å². The third-order valence-electron chi connectivity index (χ3n) is 4.09. The molecule has 0 saturated heterocycles. The molecule has 0 aromatic carbocycles. The van der Waals surface area contributed by atoms with Crippen LogP contribution in [-0.2, 0) is 14.0 Å². The second-order valence-corrected chi connectivity index (χ2v) is 11.6. The van der Waals surface area contributed by atoms with E-state index >= 15 is 0 Å². The molecule has 0 aliphatic heterocycles. The van der Waals surface area contributed by atoms with Gasteiger partial charge in [0, 0.05) is 12.5 Å². The van der Waals surface area contributed by atoms with Crippen molar-refractivity contribution in [2.75, 3.05) is 7.11 Å². The van der Waals surface area contributed by atoms with E-state index in [0.717, 1.165) is 0 Å². The van der Waals surface area contributed by atoms with E-state index in [2.05, 4.69) is 38.6 Å². The zero-order valence-corrected chi connectivity index (χ0v) is 14.3. The Morgan fingerprint density at radius 2 is 2.05 bits per heavy atom. The summed E-state index contributed by atoms with van der Waals surface area (Å²) in [6.45, 7) is 10.9. The van der Waals surface area contributed by atoms with Crippen LogP contribution in [0.15, 0.2) is 24.3 Å². The fourth-order valence-electron chi connectivity index (χ4n) is 1.77. The van der Waals surface area contributed by atoms with Crippen LogP contribution in [0.4, 0.5) is 0 Å². The monoisotopic (exact) mass is 298 g/mol. The second kappa shape index (κ2) is 5.83. The smallest absolute Gasteiger partial charge is 0.330 e. The molecular formula is C15H26O4Si. The minimum atomic E-state index is -1.86. The number of hydrogen-bond donors (Lipinski definition) is 1. The average Bonchev–Trinajstić information content (AvgIpc) is 2.66. The fourth-order valence-corrected chi connectivity index (χ4v) is 3.04. The Hall–Kier alpha value is -0.913. The second-order valence-electron chi connectivity index (χ2n) is 6.83. The van der Waals surface area contributed by atoms with E-state index in [4.69, 9.17) is 4.43 Å².